The summed E-state index contributed by atoms with van der Waals surface area (Å²) in [5.41, 5.74) is 0. The average Bonchev–Trinajstić information content (AvgIpc) is 3.89. The van der Waals surface area contributed by atoms with Gasteiger partial charge in [-0.15, -0.1) is 0 Å². The number of allylic oxidation sites excluding steroid dienone is 7. The van der Waals surface area contributed by atoms with Gasteiger partial charge in [0.15, 0.2) is 6.10 Å². The molecule has 0 radical (unpaired) electrons. The maximum atomic E-state index is 12.6. The highest BCUT2D eigenvalue weighted by Crippen LogP contribution is 2.38. The first-order chi connectivity index (χ1) is 26.5. The van der Waals surface area contributed by atoms with Crippen LogP contribution < -0.4 is 4.89 Å². The van der Waals surface area contributed by atoms with Crippen LogP contribution in [0.1, 0.15) is 155 Å². The molecule has 10 nitrogen and oxygen atoms in total. The normalized spacial score (nSPS) is 17.8. The molecule has 55 heavy (non-hydrogen) atoms. The van der Waals surface area contributed by atoms with Crippen LogP contribution in [-0.4, -0.2) is 82.2 Å². The summed E-state index contributed by atoms with van der Waals surface area (Å²) >= 11 is 0. The molecule has 0 amide bonds. The van der Waals surface area contributed by atoms with Crippen molar-refractivity contribution in [3.63, 3.8) is 0 Å². The van der Waals surface area contributed by atoms with E-state index in [1.807, 2.05) is 27.2 Å². The third-order valence-corrected chi connectivity index (χ3v) is 10.2. The number of likely N-dealkylation sites (N-methyl/N-ethyl adjacent to an activating group) is 1. The number of hydrogen-bond donors (Lipinski definition) is 0. The Labute approximate surface area is 335 Å². The van der Waals surface area contributed by atoms with Gasteiger partial charge in [0.25, 0.3) is 7.82 Å². The van der Waals surface area contributed by atoms with Crippen LogP contribution in [0.5, 0.6) is 0 Å². The van der Waals surface area contributed by atoms with Crippen molar-refractivity contribution in [1.29, 1.82) is 0 Å². The number of unbranched alkanes of at least 4 members (excludes halogenated alkanes) is 12. The number of quaternary nitrogens is 1. The summed E-state index contributed by atoms with van der Waals surface area (Å²) in [4.78, 5) is 37.5. The predicted molar refractivity (Wildman–Crippen MR) is 221 cm³/mol. The van der Waals surface area contributed by atoms with Gasteiger partial charge < -0.3 is 32.6 Å². The van der Waals surface area contributed by atoms with Crippen molar-refractivity contribution in [2.24, 2.45) is 0 Å². The molecule has 1 saturated heterocycles. The third-order valence-electron chi connectivity index (χ3n) is 9.25. The molecule has 1 heterocycles. The highest BCUT2D eigenvalue weighted by atomic mass is 31.2. The van der Waals surface area contributed by atoms with Gasteiger partial charge in [0.05, 0.1) is 40.0 Å². The summed E-state index contributed by atoms with van der Waals surface area (Å²) in [6, 6.07) is 0. The minimum absolute atomic E-state index is 0.0459. The number of nitrogens with zero attached hydrogens (tertiary/aromatic N) is 1. The van der Waals surface area contributed by atoms with E-state index in [1.54, 1.807) is 0 Å². The third kappa shape index (κ3) is 33.8. The molecule has 0 N–H and O–H groups in total. The molecule has 0 aromatic heterocycles. The van der Waals surface area contributed by atoms with E-state index in [1.165, 1.54) is 57.8 Å². The predicted octanol–water partition coefficient (Wildman–Crippen LogP) is 10.3. The molecule has 0 aromatic rings. The molecule has 4 atom stereocenters. The Hall–Kier alpha value is -2.07. The number of ether oxygens (including phenoxy) is 3. The van der Waals surface area contributed by atoms with E-state index in [9.17, 15) is 19.0 Å². The van der Waals surface area contributed by atoms with E-state index >= 15 is 0 Å². The average molecular weight is 796 g/mol. The van der Waals surface area contributed by atoms with Gasteiger partial charge in [-0.2, -0.15) is 0 Å². The quantitative estimate of drug-likeness (QED) is 0.0151. The summed E-state index contributed by atoms with van der Waals surface area (Å²) in [5, 5.41) is 0. The first-order valence-electron chi connectivity index (χ1n) is 21.5. The van der Waals surface area contributed by atoms with Crippen molar-refractivity contribution in [3.05, 3.63) is 48.6 Å². The smallest absolute Gasteiger partial charge is 0.306 e. The van der Waals surface area contributed by atoms with Crippen LogP contribution in [0, 0.1) is 0 Å². The van der Waals surface area contributed by atoms with Crippen molar-refractivity contribution in [2.75, 3.05) is 47.5 Å². The second-order valence-corrected chi connectivity index (χ2v) is 17.1. The highest BCUT2D eigenvalue weighted by molar-refractivity contribution is 7.45. The lowest BCUT2D eigenvalue weighted by Gasteiger charge is -2.28. The number of phosphoric ester groups is 1. The maximum Gasteiger partial charge on any atom is 0.306 e. The van der Waals surface area contributed by atoms with Crippen molar-refractivity contribution in [2.45, 2.75) is 173 Å². The molecule has 0 saturated carbocycles. The fourth-order valence-electron chi connectivity index (χ4n) is 5.73. The first-order valence-corrected chi connectivity index (χ1v) is 22.9. The highest BCUT2D eigenvalue weighted by Gasteiger charge is 2.36. The Morgan fingerprint density at radius 1 is 0.673 bits per heavy atom. The zero-order valence-corrected chi connectivity index (χ0v) is 36.2. The lowest BCUT2D eigenvalue weighted by atomic mass is 10.1. The van der Waals surface area contributed by atoms with Gasteiger partial charge in [0.1, 0.15) is 19.8 Å². The summed E-state index contributed by atoms with van der Waals surface area (Å²) < 4.78 is 39.5. The van der Waals surface area contributed by atoms with Crippen molar-refractivity contribution in [3.8, 4) is 0 Å². The van der Waals surface area contributed by atoms with Crippen molar-refractivity contribution in [1.82, 2.24) is 0 Å². The topological polar surface area (TPSA) is 124 Å². The van der Waals surface area contributed by atoms with Gasteiger partial charge in [-0.3, -0.25) is 14.2 Å². The summed E-state index contributed by atoms with van der Waals surface area (Å²) in [7, 11) is 1.11. The molecule has 1 aliphatic rings. The van der Waals surface area contributed by atoms with Gasteiger partial charge in [-0.05, 0) is 70.6 Å². The van der Waals surface area contributed by atoms with Gasteiger partial charge in [0, 0.05) is 12.8 Å². The van der Waals surface area contributed by atoms with Crippen LogP contribution in [0.2, 0.25) is 0 Å². The fraction of sp³-hybridized carbons (Fsp3) is 0.773. The van der Waals surface area contributed by atoms with Crippen molar-refractivity contribution < 1.29 is 46.8 Å². The Balaban J connectivity index is 2.34. The van der Waals surface area contributed by atoms with E-state index in [4.69, 9.17) is 23.3 Å². The number of carbonyl (C=O) groups excluding carboxylic acids is 2. The number of carbonyl (C=O) groups is 2. The van der Waals surface area contributed by atoms with E-state index in [0.717, 1.165) is 51.4 Å². The standard InChI is InChI=1S/C44H78NO9P/c1-6-8-10-11-12-13-14-15-16-20-23-26-30-34-43(46)50-38-40(39-52-55(48,49)51-37-36-45(3,4)5)53-44(47)35-31-27-24-21-18-17-19-22-25-29-33-42-41(54-42)32-28-9-7-2/h13-14,17,19,21,24-25,29,40-42H,6-12,15-16,18,20,22-23,26-28,30-39H2,1-5H3/b14-13-,19-17-,24-21-,29-25-/t40-,41?,42?/m1/s1. The molecule has 1 rings (SSSR count). The largest absolute Gasteiger partial charge is 0.756 e. The zero-order chi connectivity index (χ0) is 40.5. The van der Waals surface area contributed by atoms with Gasteiger partial charge in [-0.1, -0.05) is 120 Å². The van der Waals surface area contributed by atoms with Crippen LogP contribution in [0.25, 0.3) is 0 Å². The number of phosphoric acid groups is 1. The number of epoxide rings is 1. The second-order valence-electron chi connectivity index (χ2n) is 15.7. The molecule has 0 aromatic carbocycles. The van der Waals surface area contributed by atoms with E-state index in [0.29, 0.717) is 42.5 Å². The molecule has 11 heteroatoms. The van der Waals surface area contributed by atoms with Gasteiger partial charge >= 0.3 is 11.9 Å². The minimum atomic E-state index is -4.64. The Morgan fingerprint density at radius 3 is 1.93 bits per heavy atom. The van der Waals surface area contributed by atoms with E-state index in [2.05, 4.69) is 56.4 Å². The van der Waals surface area contributed by atoms with Crippen LogP contribution in [0.3, 0.4) is 0 Å². The van der Waals surface area contributed by atoms with Crippen molar-refractivity contribution >= 4 is 19.8 Å². The van der Waals surface area contributed by atoms with Crippen LogP contribution in [0.4, 0.5) is 0 Å². The summed E-state index contributed by atoms with van der Waals surface area (Å²) in [5.74, 6) is -0.919. The molecule has 0 aliphatic carbocycles. The fourth-order valence-corrected chi connectivity index (χ4v) is 6.46. The Morgan fingerprint density at radius 2 is 1.24 bits per heavy atom. The number of hydrogen-bond acceptors (Lipinski definition) is 9. The first kappa shape index (κ1) is 50.9. The SMILES string of the molecule is CCCCCC/C=C\CCCCCCCC(=O)OC[C@H](COP(=O)([O-])OCC[N+](C)(C)C)OC(=O)CCC/C=C\C/C=C\C/C=C\CC1OC1CCCCC. The number of rotatable bonds is 37. The van der Waals surface area contributed by atoms with Gasteiger partial charge in [-0.25, -0.2) is 0 Å². The molecular formula is C44H78NO9P. The monoisotopic (exact) mass is 796 g/mol. The van der Waals surface area contributed by atoms with Crippen LogP contribution >= 0.6 is 7.82 Å². The lowest BCUT2D eigenvalue weighted by molar-refractivity contribution is -0.870. The van der Waals surface area contributed by atoms with Crippen LogP contribution in [-0.2, 0) is 37.4 Å². The minimum Gasteiger partial charge on any atom is -0.756 e. The second kappa shape index (κ2) is 33.0. The Bertz CT molecular complexity index is 1150. The molecule has 3 unspecified atom stereocenters. The Kier molecular flexibility index (Phi) is 30.5. The number of esters is 2. The van der Waals surface area contributed by atoms with E-state index in [-0.39, 0.29) is 26.1 Å². The maximum absolute atomic E-state index is 12.6. The molecule has 0 bridgehead atoms. The van der Waals surface area contributed by atoms with E-state index < -0.39 is 32.5 Å². The van der Waals surface area contributed by atoms with Gasteiger partial charge in [0.2, 0.25) is 0 Å². The molecule has 318 valence electrons. The van der Waals surface area contributed by atoms with Crippen LogP contribution in [0.15, 0.2) is 48.6 Å². The summed E-state index contributed by atoms with van der Waals surface area (Å²) in [6.07, 6.45) is 38.9. The lowest BCUT2D eigenvalue weighted by Crippen LogP contribution is -2.37. The molecule has 1 fully saturated rings. The molecule has 1 aliphatic heterocycles. The summed E-state index contributed by atoms with van der Waals surface area (Å²) in [6.45, 7) is 4.08. The molecule has 0 spiro atoms. The molecular weight excluding hydrogens is 717 g/mol. The zero-order valence-electron chi connectivity index (χ0n) is 35.3.